The Morgan fingerprint density at radius 2 is 1.64 bits per heavy atom. The van der Waals surface area contributed by atoms with Crippen LogP contribution in [-0.4, -0.2) is 9.97 Å². The first-order chi connectivity index (χ1) is 12.0. The van der Waals surface area contributed by atoms with Gasteiger partial charge in [-0.1, -0.05) is 35.3 Å². The van der Waals surface area contributed by atoms with Crippen LogP contribution in [0.3, 0.4) is 0 Å². The predicted molar refractivity (Wildman–Crippen MR) is 101 cm³/mol. The Hall–Kier alpha value is -2.81. The van der Waals surface area contributed by atoms with Crippen molar-refractivity contribution in [1.82, 2.24) is 9.97 Å². The lowest BCUT2D eigenvalue weighted by atomic mass is 10.2. The summed E-state index contributed by atoms with van der Waals surface area (Å²) in [6.07, 6.45) is 0. The topological polar surface area (TPSA) is 73.6 Å². The fourth-order valence-corrected chi connectivity index (χ4v) is 2.54. The second-order valence-corrected chi connectivity index (χ2v) is 6.04. The lowest BCUT2D eigenvalue weighted by Crippen LogP contribution is -2.02. The number of aryl methyl sites for hydroxylation is 1. The molecule has 0 amide bonds. The van der Waals surface area contributed by atoms with Crippen LogP contribution in [0.5, 0.6) is 0 Å². The van der Waals surface area contributed by atoms with Gasteiger partial charge in [-0.25, -0.2) is 9.97 Å². The van der Waals surface area contributed by atoms with Gasteiger partial charge in [0.05, 0.1) is 21.3 Å². The summed E-state index contributed by atoms with van der Waals surface area (Å²) in [7, 11) is 0. The third kappa shape index (κ3) is 4.18. The molecule has 3 aromatic rings. The number of aromatic nitrogens is 2. The summed E-state index contributed by atoms with van der Waals surface area (Å²) in [6.45, 7) is 1.79. The van der Waals surface area contributed by atoms with Gasteiger partial charge in [0.15, 0.2) is 0 Å². The summed E-state index contributed by atoms with van der Waals surface area (Å²) in [6, 6.07) is 16.4. The number of para-hydroxylation sites is 1. The van der Waals surface area contributed by atoms with Gasteiger partial charge in [0, 0.05) is 11.8 Å². The van der Waals surface area contributed by atoms with E-state index in [0.29, 0.717) is 38.8 Å². The standard InChI is InChI=1S/C18H13Cl2N5/c1-11-22-17(24-13-6-7-14(19)15(20)8-13)9-18(23-11)25-16-5-3-2-4-12(16)10-21/h2-9H,1H3,(H2,22,23,24,25). The van der Waals surface area contributed by atoms with Crippen molar-refractivity contribution in [2.24, 2.45) is 0 Å². The molecule has 0 unspecified atom stereocenters. The predicted octanol–water partition coefficient (Wildman–Crippen LogP) is 5.45. The van der Waals surface area contributed by atoms with E-state index in [9.17, 15) is 5.26 Å². The second kappa shape index (κ2) is 7.39. The van der Waals surface area contributed by atoms with Crippen LogP contribution in [0.15, 0.2) is 48.5 Å². The number of hydrogen-bond donors (Lipinski definition) is 2. The van der Waals surface area contributed by atoms with E-state index in [0.717, 1.165) is 5.69 Å². The molecule has 0 aliphatic heterocycles. The fraction of sp³-hybridized carbons (Fsp3) is 0.0556. The summed E-state index contributed by atoms with van der Waals surface area (Å²) >= 11 is 12.0. The number of benzene rings is 2. The Bertz CT molecular complexity index is 966. The quantitative estimate of drug-likeness (QED) is 0.639. The maximum Gasteiger partial charge on any atom is 0.136 e. The highest BCUT2D eigenvalue weighted by Crippen LogP contribution is 2.27. The lowest BCUT2D eigenvalue weighted by Gasteiger charge is -2.11. The number of nitriles is 1. The van der Waals surface area contributed by atoms with Gasteiger partial charge in [-0.2, -0.15) is 5.26 Å². The zero-order valence-electron chi connectivity index (χ0n) is 13.2. The highest BCUT2D eigenvalue weighted by Gasteiger charge is 2.07. The molecule has 3 rings (SSSR count). The van der Waals surface area contributed by atoms with Crippen molar-refractivity contribution in [3.8, 4) is 6.07 Å². The van der Waals surface area contributed by atoms with Crippen molar-refractivity contribution in [1.29, 1.82) is 5.26 Å². The van der Waals surface area contributed by atoms with Gasteiger partial charge in [-0.3, -0.25) is 0 Å². The maximum absolute atomic E-state index is 9.19. The van der Waals surface area contributed by atoms with Crippen molar-refractivity contribution >= 4 is 46.2 Å². The number of nitrogens with zero attached hydrogens (tertiary/aromatic N) is 3. The van der Waals surface area contributed by atoms with Crippen molar-refractivity contribution in [2.75, 3.05) is 10.6 Å². The first kappa shape index (κ1) is 17.0. The molecule has 124 valence electrons. The molecule has 25 heavy (non-hydrogen) atoms. The van der Waals surface area contributed by atoms with Crippen LogP contribution in [0.2, 0.25) is 10.0 Å². The van der Waals surface area contributed by atoms with E-state index < -0.39 is 0 Å². The number of rotatable bonds is 4. The summed E-state index contributed by atoms with van der Waals surface area (Å²) in [5.74, 6) is 1.77. The molecule has 0 radical (unpaired) electrons. The van der Waals surface area contributed by atoms with Gasteiger partial charge >= 0.3 is 0 Å². The third-order valence-electron chi connectivity index (χ3n) is 3.34. The maximum atomic E-state index is 9.19. The van der Waals surface area contributed by atoms with Crippen LogP contribution >= 0.6 is 23.2 Å². The van der Waals surface area contributed by atoms with Crippen LogP contribution in [0.4, 0.5) is 23.0 Å². The third-order valence-corrected chi connectivity index (χ3v) is 4.08. The molecule has 1 heterocycles. The average molecular weight is 370 g/mol. The SMILES string of the molecule is Cc1nc(Nc2ccc(Cl)c(Cl)c2)cc(Nc2ccccc2C#N)n1. The first-order valence-corrected chi connectivity index (χ1v) is 8.14. The summed E-state index contributed by atoms with van der Waals surface area (Å²) in [5.41, 5.74) is 1.98. The molecule has 7 heteroatoms. The Morgan fingerprint density at radius 3 is 2.36 bits per heavy atom. The molecule has 0 saturated carbocycles. The molecule has 0 saturated heterocycles. The summed E-state index contributed by atoms with van der Waals surface area (Å²) in [4.78, 5) is 8.72. The molecule has 2 N–H and O–H groups in total. The Morgan fingerprint density at radius 1 is 0.920 bits per heavy atom. The van der Waals surface area contributed by atoms with Gasteiger partial charge in [-0.15, -0.1) is 0 Å². The van der Waals surface area contributed by atoms with Crippen molar-refractivity contribution in [2.45, 2.75) is 6.92 Å². The zero-order valence-corrected chi connectivity index (χ0v) is 14.7. The van der Waals surface area contributed by atoms with Crippen LogP contribution in [0.1, 0.15) is 11.4 Å². The van der Waals surface area contributed by atoms with Crippen LogP contribution < -0.4 is 10.6 Å². The molecular formula is C18H13Cl2N5. The van der Waals surface area contributed by atoms with E-state index in [1.807, 2.05) is 24.3 Å². The van der Waals surface area contributed by atoms with Crippen LogP contribution in [-0.2, 0) is 0 Å². The molecule has 0 aliphatic carbocycles. The van der Waals surface area contributed by atoms with E-state index in [2.05, 4.69) is 26.7 Å². The minimum atomic E-state index is 0.457. The highest BCUT2D eigenvalue weighted by molar-refractivity contribution is 6.42. The van der Waals surface area contributed by atoms with E-state index in [1.165, 1.54) is 0 Å². The van der Waals surface area contributed by atoms with Crippen molar-refractivity contribution in [3.05, 3.63) is 70.0 Å². The number of hydrogen-bond acceptors (Lipinski definition) is 5. The minimum Gasteiger partial charge on any atom is -0.340 e. The molecule has 0 spiro atoms. The van der Waals surface area contributed by atoms with Gasteiger partial charge in [0.25, 0.3) is 0 Å². The molecule has 0 fully saturated rings. The van der Waals surface area contributed by atoms with Crippen molar-refractivity contribution < 1.29 is 0 Å². The summed E-state index contributed by atoms with van der Waals surface area (Å²) in [5, 5.41) is 16.5. The molecular weight excluding hydrogens is 357 g/mol. The Balaban J connectivity index is 1.88. The second-order valence-electron chi connectivity index (χ2n) is 5.22. The monoisotopic (exact) mass is 369 g/mol. The molecule has 1 aromatic heterocycles. The Labute approximate surface area is 155 Å². The zero-order chi connectivity index (χ0) is 17.8. The van der Waals surface area contributed by atoms with E-state index in [1.54, 1.807) is 31.2 Å². The largest absolute Gasteiger partial charge is 0.340 e. The van der Waals surface area contributed by atoms with Gasteiger partial charge in [0.2, 0.25) is 0 Å². The van der Waals surface area contributed by atoms with E-state index in [-0.39, 0.29) is 0 Å². The molecule has 0 atom stereocenters. The smallest absolute Gasteiger partial charge is 0.136 e. The van der Waals surface area contributed by atoms with Gasteiger partial charge in [-0.05, 0) is 37.3 Å². The lowest BCUT2D eigenvalue weighted by molar-refractivity contribution is 1.06. The van der Waals surface area contributed by atoms with Crippen LogP contribution in [0.25, 0.3) is 0 Å². The highest BCUT2D eigenvalue weighted by atomic mass is 35.5. The number of anilines is 4. The van der Waals surface area contributed by atoms with Gasteiger partial charge in [0.1, 0.15) is 23.5 Å². The number of nitrogens with one attached hydrogen (secondary N) is 2. The number of halogens is 2. The summed E-state index contributed by atoms with van der Waals surface area (Å²) < 4.78 is 0. The molecule has 0 aliphatic rings. The minimum absolute atomic E-state index is 0.457. The molecule has 5 nitrogen and oxygen atoms in total. The van der Waals surface area contributed by atoms with Crippen molar-refractivity contribution in [3.63, 3.8) is 0 Å². The van der Waals surface area contributed by atoms with Gasteiger partial charge < -0.3 is 10.6 Å². The fourth-order valence-electron chi connectivity index (χ4n) is 2.25. The first-order valence-electron chi connectivity index (χ1n) is 7.39. The van der Waals surface area contributed by atoms with E-state index in [4.69, 9.17) is 23.2 Å². The molecule has 0 bridgehead atoms. The average Bonchev–Trinajstić information content (AvgIpc) is 2.58. The molecule has 2 aromatic carbocycles. The Kier molecular flexibility index (Phi) is 5.03. The normalized spacial score (nSPS) is 10.2. The van der Waals surface area contributed by atoms with E-state index >= 15 is 0 Å². The van der Waals surface area contributed by atoms with Crippen LogP contribution in [0, 0.1) is 18.3 Å².